The van der Waals surface area contributed by atoms with E-state index in [1.54, 1.807) is 0 Å². The summed E-state index contributed by atoms with van der Waals surface area (Å²) in [6.45, 7) is 2.51. The van der Waals surface area contributed by atoms with E-state index in [2.05, 4.69) is 26.1 Å². The molecular formula is C19H19BrCl2N2O. The maximum atomic E-state index is 12.6. The minimum atomic E-state index is -0.0105. The molecule has 1 aliphatic rings. The van der Waals surface area contributed by atoms with Crippen LogP contribution in [0.1, 0.15) is 18.4 Å². The van der Waals surface area contributed by atoms with Crippen molar-refractivity contribution in [2.45, 2.75) is 19.4 Å². The van der Waals surface area contributed by atoms with Crippen molar-refractivity contribution in [3.05, 3.63) is 62.5 Å². The third-order valence-electron chi connectivity index (χ3n) is 4.40. The highest BCUT2D eigenvalue weighted by Crippen LogP contribution is 2.26. The maximum Gasteiger partial charge on any atom is 0.228 e. The van der Waals surface area contributed by atoms with Gasteiger partial charge in [-0.3, -0.25) is 9.69 Å². The van der Waals surface area contributed by atoms with Crippen molar-refractivity contribution in [2.75, 3.05) is 18.4 Å². The first kappa shape index (κ1) is 18.7. The largest absolute Gasteiger partial charge is 0.325 e. The third-order valence-corrected chi connectivity index (χ3v) is 5.83. The normalized spacial score (nSPS) is 18.1. The fourth-order valence-corrected chi connectivity index (χ4v) is 3.81. The Labute approximate surface area is 166 Å². The number of piperidine rings is 1. The topological polar surface area (TPSA) is 32.3 Å². The SMILES string of the molecule is O=C(Nc1ccccc1Br)C1CCCN(Cc2ccc(Cl)c(Cl)c2)C1. The Morgan fingerprint density at radius 2 is 2.00 bits per heavy atom. The van der Waals surface area contributed by atoms with Crippen molar-refractivity contribution in [1.82, 2.24) is 4.90 Å². The molecule has 0 aliphatic carbocycles. The molecule has 1 fully saturated rings. The van der Waals surface area contributed by atoms with Crippen LogP contribution in [-0.2, 0) is 11.3 Å². The molecule has 1 unspecified atom stereocenters. The summed E-state index contributed by atoms with van der Waals surface area (Å²) in [5, 5.41) is 4.16. The van der Waals surface area contributed by atoms with Crippen molar-refractivity contribution < 1.29 is 4.79 Å². The zero-order valence-corrected chi connectivity index (χ0v) is 16.7. The number of para-hydroxylation sites is 1. The fraction of sp³-hybridized carbons (Fsp3) is 0.316. The highest BCUT2D eigenvalue weighted by Gasteiger charge is 2.26. The van der Waals surface area contributed by atoms with Crippen molar-refractivity contribution >= 4 is 50.7 Å². The van der Waals surface area contributed by atoms with Crippen LogP contribution in [0.5, 0.6) is 0 Å². The van der Waals surface area contributed by atoms with Crippen LogP contribution >= 0.6 is 39.1 Å². The minimum Gasteiger partial charge on any atom is -0.325 e. The van der Waals surface area contributed by atoms with E-state index >= 15 is 0 Å². The zero-order valence-electron chi connectivity index (χ0n) is 13.6. The number of rotatable bonds is 4. The van der Waals surface area contributed by atoms with E-state index in [1.807, 2.05) is 42.5 Å². The van der Waals surface area contributed by atoms with Crippen molar-refractivity contribution in [3.8, 4) is 0 Å². The Balaban J connectivity index is 1.61. The maximum absolute atomic E-state index is 12.6. The molecule has 6 heteroatoms. The third kappa shape index (κ3) is 4.98. The van der Waals surface area contributed by atoms with E-state index in [9.17, 15) is 4.79 Å². The molecule has 1 N–H and O–H groups in total. The van der Waals surface area contributed by atoms with Gasteiger partial charge in [0, 0.05) is 17.6 Å². The first-order valence-corrected chi connectivity index (χ1v) is 9.79. The molecular weight excluding hydrogens is 423 g/mol. The van der Waals surface area contributed by atoms with Gasteiger partial charge in [-0.05, 0) is 65.1 Å². The molecule has 25 heavy (non-hydrogen) atoms. The Morgan fingerprint density at radius 3 is 2.76 bits per heavy atom. The highest BCUT2D eigenvalue weighted by atomic mass is 79.9. The molecule has 1 saturated heterocycles. The lowest BCUT2D eigenvalue weighted by Crippen LogP contribution is -2.40. The number of carbonyl (C=O) groups excluding carboxylic acids is 1. The monoisotopic (exact) mass is 440 g/mol. The molecule has 2 aromatic carbocycles. The van der Waals surface area contributed by atoms with E-state index in [0.29, 0.717) is 10.0 Å². The predicted octanol–water partition coefficient (Wildman–Crippen LogP) is 5.61. The molecule has 1 aliphatic heterocycles. The molecule has 3 nitrogen and oxygen atoms in total. The van der Waals surface area contributed by atoms with Gasteiger partial charge in [0.25, 0.3) is 0 Å². The number of nitrogens with one attached hydrogen (secondary N) is 1. The number of benzene rings is 2. The second-order valence-corrected chi connectivity index (χ2v) is 7.96. The standard InChI is InChI=1S/C19H19BrCl2N2O/c20-15-5-1-2-6-18(15)23-19(25)14-4-3-9-24(12-14)11-13-7-8-16(21)17(22)10-13/h1-2,5-8,10,14H,3-4,9,11-12H2,(H,23,25). The molecule has 0 saturated carbocycles. The average Bonchev–Trinajstić information content (AvgIpc) is 2.60. The van der Waals surface area contributed by atoms with Crippen molar-refractivity contribution in [1.29, 1.82) is 0 Å². The van der Waals surface area contributed by atoms with E-state index in [4.69, 9.17) is 23.2 Å². The Morgan fingerprint density at radius 1 is 1.20 bits per heavy atom. The number of carbonyl (C=O) groups is 1. The van der Waals surface area contributed by atoms with Crippen LogP contribution < -0.4 is 5.32 Å². The number of amides is 1. The summed E-state index contributed by atoms with van der Waals surface area (Å²) in [7, 11) is 0. The van der Waals surface area contributed by atoms with Gasteiger partial charge in [-0.25, -0.2) is 0 Å². The molecule has 0 spiro atoms. The molecule has 3 rings (SSSR count). The average molecular weight is 442 g/mol. The van der Waals surface area contributed by atoms with Crippen LogP contribution in [0.25, 0.3) is 0 Å². The van der Waals surface area contributed by atoms with Crippen LogP contribution in [0, 0.1) is 5.92 Å². The van der Waals surface area contributed by atoms with Gasteiger partial charge < -0.3 is 5.32 Å². The molecule has 1 heterocycles. The van der Waals surface area contributed by atoms with Gasteiger partial charge in [0.05, 0.1) is 21.7 Å². The lowest BCUT2D eigenvalue weighted by Gasteiger charge is -2.32. The van der Waals surface area contributed by atoms with Crippen molar-refractivity contribution in [2.24, 2.45) is 5.92 Å². The van der Waals surface area contributed by atoms with E-state index in [0.717, 1.165) is 48.2 Å². The first-order valence-electron chi connectivity index (χ1n) is 8.24. The number of likely N-dealkylation sites (tertiary alicyclic amines) is 1. The van der Waals surface area contributed by atoms with E-state index in [1.165, 1.54) is 0 Å². The molecule has 1 atom stereocenters. The summed E-state index contributed by atoms with van der Waals surface area (Å²) in [4.78, 5) is 14.9. The summed E-state index contributed by atoms with van der Waals surface area (Å²) in [5.74, 6) is 0.0642. The van der Waals surface area contributed by atoms with Crippen LogP contribution in [0.3, 0.4) is 0 Å². The molecule has 2 aromatic rings. The summed E-state index contributed by atoms with van der Waals surface area (Å²) in [6.07, 6.45) is 1.92. The number of halogens is 3. The first-order chi connectivity index (χ1) is 12.0. The van der Waals surface area contributed by atoms with Crippen LogP contribution in [0.4, 0.5) is 5.69 Å². The van der Waals surface area contributed by atoms with Crippen LogP contribution in [0.15, 0.2) is 46.9 Å². The van der Waals surface area contributed by atoms with E-state index < -0.39 is 0 Å². The van der Waals surface area contributed by atoms with Gasteiger partial charge >= 0.3 is 0 Å². The minimum absolute atomic E-state index is 0.0105. The van der Waals surface area contributed by atoms with E-state index in [-0.39, 0.29) is 11.8 Å². The molecule has 0 aromatic heterocycles. The summed E-state index contributed by atoms with van der Waals surface area (Å²) in [5.41, 5.74) is 1.93. The van der Waals surface area contributed by atoms with Crippen LogP contribution in [0.2, 0.25) is 10.0 Å². The molecule has 1 amide bonds. The van der Waals surface area contributed by atoms with Crippen LogP contribution in [-0.4, -0.2) is 23.9 Å². The summed E-state index contributed by atoms with van der Waals surface area (Å²) < 4.78 is 0.895. The lowest BCUT2D eigenvalue weighted by molar-refractivity contribution is -0.121. The number of nitrogens with zero attached hydrogens (tertiary/aromatic N) is 1. The summed E-state index contributed by atoms with van der Waals surface area (Å²) in [6, 6.07) is 13.4. The predicted molar refractivity (Wildman–Crippen MR) is 107 cm³/mol. The number of hydrogen-bond acceptors (Lipinski definition) is 2. The molecule has 132 valence electrons. The molecule has 0 radical (unpaired) electrons. The van der Waals surface area contributed by atoms with Gasteiger partial charge in [0.15, 0.2) is 0 Å². The fourth-order valence-electron chi connectivity index (χ4n) is 3.11. The molecule has 0 bridgehead atoms. The Hall–Kier alpha value is -1.07. The van der Waals surface area contributed by atoms with Gasteiger partial charge in [-0.15, -0.1) is 0 Å². The highest BCUT2D eigenvalue weighted by molar-refractivity contribution is 9.10. The summed E-state index contributed by atoms with van der Waals surface area (Å²) >= 11 is 15.5. The van der Waals surface area contributed by atoms with Crippen molar-refractivity contribution in [3.63, 3.8) is 0 Å². The lowest BCUT2D eigenvalue weighted by atomic mass is 9.96. The number of hydrogen-bond donors (Lipinski definition) is 1. The van der Waals surface area contributed by atoms with Gasteiger partial charge in [0.1, 0.15) is 0 Å². The Bertz CT molecular complexity index is 769. The van der Waals surface area contributed by atoms with Gasteiger partial charge in [-0.1, -0.05) is 41.4 Å². The zero-order chi connectivity index (χ0) is 17.8. The quantitative estimate of drug-likeness (QED) is 0.668. The Kier molecular flexibility index (Phi) is 6.39. The van der Waals surface area contributed by atoms with Gasteiger partial charge in [-0.2, -0.15) is 0 Å². The second kappa shape index (κ2) is 8.54. The van der Waals surface area contributed by atoms with Gasteiger partial charge in [0.2, 0.25) is 5.91 Å². The number of anilines is 1. The second-order valence-electron chi connectivity index (χ2n) is 6.29. The smallest absolute Gasteiger partial charge is 0.228 e.